The number of hydrogen-bond donors (Lipinski definition) is 1. The fourth-order valence-corrected chi connectivity index (χ4v) is 4.00. The summed E-state index contributed by atoms with van der Waals surface area (Å²) in [6.07, 6.45) is 0.141. The van der Waals surface area contributed by atoms with E-state index in [1.165, 1.54) is 0 Å². The van der Waals surface area contributed by atoms with Crippen molar-refractivity contribution in [3.05, 3.63) is 105 Å². The lowest BCUT2D eigenvalue weighted by molar-refractivity contribution is -0.133. The van der Waals surface area contributed by atoms with Gasteiger partial charge in [0.1, 0.15) is 23.1 Å². The zero-order chi connectivity index (χ0) is 22.0. The predicted molar refractivity (Wildman–Crippen MR) is 118 cm³/mol. The van der Waals surface area contributed by atoms with Crippen molar-refractivity contribution in [2.24, 2.45) is 5.73 Å². The summed E-state index contributed by atoms with van der Waals surface area (Å²) in [7, 11) is 0. The molecule has 1 unspecified atom stereocenters. The van der Waals surface area contributed by atoms with E-state index in [9.17, 15) is 10.1 Å². The van der Waals surface area contributed by atoms with Gasteiger partial charge in [-0.3, -0.25) is 4.79 Å². The van der Waals surface area contributed by atoms with E-state index in [2.05, 4.69) is 6.07 Å². The van der Waals surface area contributed by atoms with Crippen LogP contribution in [0.15, 0.2) is 78.2 Å². The van der Waals surface area contributed by atoms with Crippen LogP contribution in [0.3, 0.4) is 0 Å². The average molecular weight is 451 g/mol. The molecule has 1 aliphatic heterocycles. The second-order valence-corrected chi connectivity index (χ2v) is 7.77. The Morgan fingerprint density at radius 2 is 1.81 bits per heavy atom. The molecule has 0 amide bonds. The van der Waals surface area contributed by atoms with Crippen molar-refractivity contribution in [3.8, 4) is 17.6 Å². The molecule has 0 radical (unpaired) electrons. The van der Waals surface area contributed by atoms with Crippen LogP contribution < -0.4 is 15.2 Å². The van der Waals surface area contributed by atoms with Crippen LogP contribution in [0, 0.1) is 11.3 Å². The van der Waals surface area contributed by atoms with Gasteiger partial charge < -0.3 is 15.2 Å². The molecule has 1 heterocycles. The number of nitrogens with zero attached hydrogens (tertiary/aromatic N) is 1. The Labute approximate surface area is 189 Å². The highest BCUT2D eigenvalue weighted by atomic mass is 35.5. The maximum atomic E-state index is 12.3. The number of hydrogen-bond acceptors (Lipinski definition) is 5. The third-order valence-corrected chi connectivity index (χ3v) is 5.45. The molecule has 3 aromatic rings. The third kappa shape index (κ3) is 4.36. The van der Waals surface area contributed by atoms with Gasteiger partial charge in [-0.2, -0.15) is 5.26 Å². The number of allylic oxidation sites excluding steroid dienone is 1. The molecule has 4 rings (SSSR count). The Hall–Kier alpha value is -3.46. The number of carbonyl (C=O) groups excluding carboxylic acids is 1. The van der Waals surface area contributed by atoms with Gasteiger partial charge >= 0.3 is 5.97 Å². The Kier molecular flexibility index (Phi) is 5.85. The molecule has 7 heteroatoms. The van der Waals surface area contributed by atoms with E-state index < -0.39 is 11.9 Å². The van der Waals surface area contributed by atoms with Crippen molar-refractivity contribution < 1.29 is 14.3 Å². The highest BCUT2D eigenvalue weighted by Crippen LogP contribution is 2.45. The molecule has 0 saturated carbocycles. The number of halogens is 2. The Morgan fingerprint density at radius 3 is 2.52 bits per heavy atom. The average Bonchev–Trinajstić information content (AvgIpc) is 2.73. The number of rotatable bonds is 4. The van der Waals surface area contributed by atoms with E-state index in [1.54, 1.807) is 36.4 Å². The van der Waals surface area contributed by atoms with E-state index in [0.717, 1.165) is 5.56 Å². The maximum absolute atomic E-state index is 12.3. The number of nitriles is 1. The molecular formula is C24H16Cl2N2O3. The molecule has 0 aliphatic carbocycles. The van der Waals surface area contributed by atoms with E-state index in [4.69, 9.17) is 38.4 Å². The molecule has 0 spiro atoms. The molecule has 1 atom stereocenters. The van der Waals surface area contributed by atoms with Crippen LogP contribution >= 0.6 is 23.2 Å². The van der Waals surface area contributed by atoms with Crippen molar-refractivity contribution in [3.63, 3.8) is 0 Å². The van der Waals surface area contributed by atoms with E-state index in [1.807, 2.05) is 30.3 Å². The first-order valence-corrected chi connectivity index (χ1v) is 10.1. The van der Waals surface area contributed by atoms with Crippen molar-refractivity contribution in [1.82, 2.24) is 0 Å². The molecule has 31 heavy (non-hydrogen) atoms. The molecule has 5 nitrogen and oxygen atoms in total. The van der Waals surface area contributed by atoms with Gasteiger partial charge in [-0.15, -0.1) is 0 Å². The molecule has 0 bridgehead atoms. The number of benzene rings is 3. The lowest BCUT2D eigenvalue weighted by Gasteiger charge is -2.27. The number of esters is 1. The highest BCUT2D eigenvalue weighted by Gasteiger charge is 2.32. The predicted octanol–water partition coefficient (Wildman–Crippen LogP) is 5.36. The topological polar surface area (TPSA) is 85.3 Å². The van der Waals surface area contributed by atoms with Crippen molar-refractivity contribution in [2.45, 2.75) is 12.3 Å². The molecule has 0 aromatic heterocycles. The Morgan fingerprint density at radius 1 is 1.06 bits per heavy atom. The zero-order valence-corrected chi connectivity index (χ0v) is 17.7. The van der Waals surface area contributed by atoms with Crippen LogP contribution in [0.2, 0.25) is 10.0 Å². The summed E-state index contributed by atoms with van der Waals surface area (Å²) in [4.78, 5) is 12.3. The van der Waals surface area contributed by atoms with Gasteiger partial charge in [0.05, 0.1) is 12.3 Å². The summed E-state index contributed by atoms with van der Waals surface area (Å²) < 4.78 is 11.1. The second kappa shape index (κ2) is 8.73. The monoisotopic (exact) mass is 450 g/mol. The Bertz CT molecular complexity index is 1230. The minimum Gasteiger partial charge on any atom is -0.440 e. The van der Waals surface area contributed by atoms with Gasteiger partial charge in [-0.25, -0.2) is 0 Å². The van der Waals surface area contributed by atoms with Crippen LogP contribution in [0.5, 0.6) is 11.5 Å². The lowest BCUT2D eigenvalue weighted by Crippen LogP contribution is -2.21. The molecule has 3 aromatic carbocycles. The fourth-order valence-electron chi connectivity index (χ4n) is 3.48. The Balaban J connectivity index is 1.66. The van der Waals surface area contributed by atoms with Crippen LogP contribution in [-0.2, 0) is 11.2 Å². The number of carbonyl (C=O) groups is 1. The summed E-state index contributed by atoms with van der Waals surface area (Å²) in [5.41, 5.74) is 8.47. The summed E-state index contributed by atoms with van der Waals surface area (Å²) >= 11 is 12.4. The summed E-state index contributed by atoms with van der Waals surface area (Å²) in [5, 5.41) is 10.6. The largest absolute Gasteiger partial charge is 0.440 e. The van der Waals surface area contributed by atoms with Gasteiger partial charge in [0.25, 0.3) is 0 Å². The van der Waals surface area contributed by atoms with Gasteiger partial charge in [0.15, 0.2) is 0 Å². The number of nitrogens with two attached hydrogens (primary N) is 1. The van der Waals surface area contributed by atoms with Gasteiger partial charge in [0, 0.05) is 21.7 Å². The molecule has 154 valence electrons. The normalized spacial score (nSPS) is 14.9. The van der Waals surface area contributed by atoms with Gasteiger partial charge in [-0.1, -0.05) is 65.7 Å². The molecule has 0 fully saturated rings. The zero-order valence-electron chi connectivity index (χ0n) is 16.1. The van der Waals surface area contributed by atoms with E-state index >= 15 is 0 Å². The quantitative estimate of drug-likeness (QED) is 0.427. The second-order valence-electron chi connectivity index (χ2n) is 6.93. The summed E-state index contributed by atoms with van der Waals surface area (Å²) in [5.74, 6) is -0.266. The smallest absolute Gasteiger partial charge is 0.315 e. The van der Waals surface area contributed by atoms with Crippen LogP contribution in [0.1, 0.15) is 22.6 Å². The SMILES string of the molecule is N#CC1=C(N)Oc2cc(OC(=O)Cc3ccccc3)ccc2C1c1ccc(Cl)cc1Cl. The minimum atomic E-state index is -0.535. The van der Waals surface area contributed by atoms with Gasteiger partial charge in [-0.05, 0) is 29.3 Å². The molecule has 0 saturated heterocycles. The van der Waals surface area contributed by atoms with Crippen LogP contribution in [-0.4, -0.2) is 5.97 Å². The van der Waals surface area contributed by atoms with Crippen molar-refractivity contribution in [1.29, 1.82) is 5.26 Å². The van der Waals surface area contributed by atoms with Crippen molar-refractivity contribution in [2.75, 3.05) is 0 Å². The first-order valence-electron chi connectivity index (χ1n) is 9.37. The maximum Gasteiger partial charge on any atom is 0.315 e. The lowest BCUT2D eigenvalue weighted by atomic mass is 9.83. The first kappa shape index (κ1) is 20.8. The highest BCUT2D eigenvalue weighted by molar-refractivity contribution is 6.35. The fraction of sp³-hybridized carbons (Fsp3) is 0.0833. The molecule has 2 N–H and O–H groups in total. The van der Waals surface area contributed by atoms with Crippen molar-refractivity contribution >= 4 is 29.2 Å². The number of ether oxygens (including phenoxy) is 2. The van der Waals surface area contributed by atoms with Gasteiger partial charge in [0.2, 0.25) is 5.88 Å². The number of fused-ring (bicyclic) bond motifs is 1. The minimum absolute atomic E-state index is 0.0289. The van der Waals surface area contributed by atoms with Crippen LogP contribution in [0.4, 0.5) is 0 Å². The van der Waals surface area contributed by atoms with Crippen LogP contribution in [0.25, 0.3) is 0 Å². The third-order valence-electron chi connectivity index (χ3n) is 4.89. The van der Waals surface area contributed by atoms with E-state index in [-0.39, 0.29) is 17.9 Å². The first-order chi connectivity index (χ1) is 15.0. The summed E-state index contributed by atoms with van der Waals surface area (Å²) in [6, 6.07) is 21.4. The molecular weight excluding hydrogens is 435 g/mol. The summed E-state index contributed by atoms with van der Waals surface area (Å²) in [6.45, 7) is 0. The molecule has 1 aliphatic rings. The van der Waals surface area contributed by atoms with E-state index in [0.29, 0.717) is 32.7 Å². The standard InChI is InChI=1S/C24H16Cl2N2O3/c25-15-6-8-17(20(26)11-15)23-18-9-7-16(12-21(18)31-24(28)19(23)13-27)30-22(29)10-14-4-2-1-3-5-14/h1-9,11-12,23H,10,28H2.